The quantitative estimate of drug-likeness (QED) is 0.613. The molecule has 0 aromatic heterocycles. The summed E-state index contributed by atoms with van der Waals surface area (Å²) >= 11 is 0. The van der Waals surface area contributed by atoms with E-state index in [0.717, 1.165) is 32.1 Å². The van der Waals surface area contributed by atoms with Gasteiger partial charge in [0.15, 0.2) is 0 Å². The zero-order valence-electron chi connectivity index (χ0n) is 23.0. The van der Waals surface area contributed by atoms with E-state index in [1.54, 1.807) is 37.3 Å². The van der Waals surface area contributed by atoms with E-state index in [1.807, 2.05) is 18.7 Å². The summed E-state index contributed by atoms with van der Waals surface area (Å²) in [5.41, 5.74) is 0.934. The second-order valence-electron chi connectivity index (χ2n) is 10.5. The minimum atomic E-state index is -0.312. The Labute approximate surface area is 221 Å². The molecule has 1 fully saturated rings. The van der Waals surface area contributed by atoms with Crippen LogP contribution in [-0.2, 0) is 9.53 Å². The largest absolute Gasteiger partial charge is 0.491 e. The summed E-state index contributed by atoms with van der Waals surface area (Å²) in [6.07, 6.45) is 5.83. The van der Waals surface area contributed by atoms with Gasteiger partial charge in [-0.3, -0.25) is 9.59 Å². The van der Waals surface area contributed by atoms with Crippen LogP contribution in [0.4, 0.5) is 10.5 Å². The van der Waals surface area contributed by atoms with Gasteiger partial charge in [0.2, 0.25) is 5.91 Å². The average molecular weight is 517 g/mol. The molecule has 9 nitrogen and oxygen atoms in total. The molecule has 4 amide bonds. The summed E-state index contributed by atoms with van der Waals surface area (Å²) in [6, 6.07) is 4.54. The molecule has 1 aromatic rings. The summed E-state index contributed by atoms with van der Waals surface area (Å²) in [5, 5.41) is 5.58. The lowest BCUT2D eigenvalue weighted by atomic mass is 9.87. The van der Waals surface area contributed by atoms with Crippen molar-refractivity contribution in [2.45, 2.75) is 71.4 Å². The number of fused-ring (bicyclic) bond motifs is 1. The van der Waals surface area contributed by atoms with Crippen molar-refractivity contribution < 1.29 is 23.9 Å². The highest BCUT2D eigenvalue weighted by Crippen LogP contribution is 2.29. The first-order chi connectivity index (χ1) is 17.7. The minimum Gasteiger partial charge on any atom is -0.491 e. The summed E-state index contributed by atoms with van der Waals surface area (Å²) in [7, 11) is 3.40. The molecule has 1 aliphatic carbocycles. The maximum atomic E-state index is 13.7. The molecular weight excluding hydrogens is 472 g/mol. The van der Waals surface area contributed by atoms with Gasteiger partial charge in [0.25, 0.3) is 5.91 Å². The number of nitrogens with zero attached hydrogens (tertiary/aromatic N) is 2. The monoisotopic (exact) mass is 516 g/mol. The maximum Gasteiger partial charge on any atom is 0.319 e. The van der Waals surface area contributed by atoms with E-state index < -0.39 is 0 Å². The molecule has 9 heteroatoms. The first kappa shape index (κ1) is 28.8. The number of hydrogen-bond acceptors (Lipinski definition) is 5. The molecule has 0 unspecified atom stereocenters. The second kappa shape index (κ2) is 13.7. The van der Waals surface area contributed by atoms with Crippen molar-refractivity contribution in [3.05, 3.63) is 23.8 Å². The third-order valence-corrected chi connectivity index (χ3v) is 7.48. The Kier molecular flexibility index (Phi) is 10.6. The first-order valence-corrected chi connectivity index (χ1v) is 13.7. The number of methoxy groups -OCH3 is 1. The number of carbonyl (C=O) groups is 3. The molecule has 206 valence electrons. The molecule has 0 bridgehead atoms. The van der Waals surface area contributed by atoms with Crippen LogP contribution in [0.15, 0.2) is 18.2 Å². The lowest BCUT2D eigenvalue weighted by Gasteiger charge is -2.38. The first-order valence-electron chi connectivity index (χ1n) is 13.7. The molecular formula is C28H44N4O5. The molecule has 1 heterocycles. The van der Waals surface area contributed by atoms with Gasteiger partial charge in [-0.15, -0.1) is 0 Å². The van der Waals surface area contributed by atoms with Gasteiger partial charge < -0.3 is 29.9 Å². The van der Waals surface area contributed by atoms with Crippen molar-refractivity contribution in [1.29, 1.82) is 0 Å². The molecule has 2 aliphatic rings. The maximum absolute atomic E-state index is 13.7. The van der Waals surface area contributed by atoms with E-state index in [1.165, 1.54) is 6.42 Å². The minimum absolute atomic E-state index is 0.0300. The van der Waals surface area contributed by atoms with Crippen molar-refractivity contribution >= 4 is 23.5 Å². The molecule has 0 spiro atoms. The number of likely N-dealkylation sites (N-methyl/N-ethyl adjacent to an activating group) is 1. The highest BCUT2D eigenvalue weighted by Gasteiger charge is 2.33. The number of anilines is 1. The van der Waals surface area contributed by atoms with Crippen LogP contribution in [0.2, 0.25) is 0 Å². The number of nitrogens with one attached hydrogen (secondary N) is 2. The van der Waals surface area contributed by atoms with Crippen LogP contribution >= 0.6 is 0 Å². The smallest absolute Gasteiger partial charge is 0.319 e. The Hall–Kier alpha value is -2.81. The number of rotatable bonds is 5. The van der Waals surface area contributed by atoms with Gasteiger partial charge in [-0.1, -0.05) is 33.1 Å². The van der Waals surface area contributed by atoms with Crippen molar-refractivity contribution in [3.63, 3.8) is 0 Å². The number of carbonyl (C=O) groups excluding carboxylic acids is 3. The van der Waals surface area contributed by atoms with Gasteiger partial charge in [0, 0.05) is 57.4 Å². The van der Waals surface area contributed by atoms with Crippen molar-refractivity contribution in [1.82, 2.24) is 15.1 Å². The van der Waals surface area contributed by atoms with E-state index >= 15 is 0 Å². The fraction of sp³-hybridized carbons (Fsp3) is 0.679. The Morgan fingerprint density at radius 2 is 1.86 bits per heavy atom. The van der Waals surface area contributed by atoms with Crippen molar-refractivity contribution in [2.24, 2.45) is 11.8 Å². The van der Waals surface area contributed by atoms with Crippen LogP contribution in [0.5, 0.6) is 5.75 Å². The van der Waals surface area contributed by atoms with E-state index in [0.29, 0.717) is 36.6 Å². The highest BCUT2D eigenvalue weighted by molar-refractivity contribution is 5.98. The van der Waals surface area contributed by atoms with Gasteiger partial charge in [-0.25, -0.2) is 4.79 Å². The van der Waals surface area contributed by atoms with E-state index in [9.17, 15) is 14.4 Å². The molecule has 2 N–H and O–H groups in total. The average Bonchev–Trinajstić information content (AvgIpc) is 2.91. The summed E-state index contributed by atoms with van der Waals surface area (Å²) < 4.78 is 12.0. The Morgan fingerprint density at radius 1 is 1.14 bits per heavy atom. The normalized spacial score (nSPS) is 23.8. The molecule has 1 aromatic carbocycles. The Balaban J connectivity index is 1.90. The van der Waals surface area contributed by atoms with Crippen molar-refractivity contribution in [2.75, 3.05) is 45.7 Å². The third kappa shape index (κ3) is 7.60. The summed E-state index contributed by atoms with van der Waals surface area (Å²) in [6.45, 7) is 7.77. The van der Waals surface area contributed by atoms with Crippen LogP contribution < -0.4 is 15.4 Å². The molecule has 0 saturated heterocycles. The number of amides is 4. The zero-order chi connectivity index (χ0) is 26.9. The zero-order valence-corrected chi connectivity index (χ0v) is 23.0. The Bertz CT molecular complexity index is 933. The van der Waals surface area contributed by atoms with Gasteiger partial charge in [-0.2, -0.15) is 0 Å². The lowest BCUT2D eigenvalue weighted by Crippen LogP contribution is -2.50. The van der Waals surface area contributed by atoms with Crippen LogP contribution in [0.3, 0.4) is 0 Å². The molecule has 1 saturated carbocycles. The fourth-order valence-electron chi connectivity index (χ4n) is 5.15. The molecule has 37 heavy (non-hydrogen) atoms. The molecule has 3 rings (SSSR count). The van der Waals surface area contributed by atoms with Crippen LogP contribution in [0.25, 0.3) is 0 Å². The summed E-state index contributed by atoms with van der Waals surface area (Å²) in [4.78, 5) is 42.8. The van der Waals surface area contributed by atoms with Crippen LogP contribution in [0, 0.1) is 11.8 Å². The summed E-state index contributed by atoms with van der Waals surface area (Å²) in [5.74, 6) is 0.454. The molecule has 1 aliphatic heterocycles. The number of hydrogen-bond donors (Lipinski definition) is 2. The van der Waals surface area contributed by atoms with Gasteiger partial charge >= 0.3 is 6.03 Å². The molecule has 0 radical (unpaired) electrons. The van der Waals surface area contributed by atoms with E-state index in [-0.39, 0.29) is 48.4 Å². The predicted molar refractivity (Wildman–Crippen MR) is 144 cm³/mol. The number of benzene rings is 1. The predicted octanol–water partition coefficient (Wildman–Crippen LogP) is 4.13. The van der Waals surface area contributed by atoms with Gasteiger partial charge in [0.05, 0.1) is 17.7 Å². The second-order valence-corrected chi connectivity index (χ2v) is 10.5. The van der Waals surface area contributed by atoms with Crippen LogP contribution in [-0.4, -0.2) is 80.2 Å². The third-order valence-electron chi connectivity index (χ3n) is 7.48. The Morgan fingerprint density at radius 3 is 2.54 bits per heavy atom. The number of ether oxygens (including phenoxy) is 2. The topological polar surface area (TPSA) is 100 Å². The SMILES string of the molecule is CCCNC(=O)Nc1ccc2c(c1)OC[C@H](C)N(C(=O)C1CCCCC1)C[C@@H](C)[C@H](OC)CN(C)C2=O. The van der Waals surface area contributed by atoms with E-state index in [2.05, 4.69) is 17.6 Å². The highest BCUT2D eigenvalue weighted by atomic mass is 16.5. The van der Waals surface area contributed by atoms with Crippen LogP contribution in [0.1, 0.15) is 69.7 Å². The van der Waals surface area contributed by atoms with Crippen molar-refractivity contribution in [3.8, 4) is 5.75 Å². The standard InChI is InChI=1S/C28H44N4O5/c1-6-14-29-28(35)30-22-12-13-23-24(15-22)37-18-20(3)32(26(33)21-10-8-7-9-11-21)16-19(2)25(36-5)17-31(4)27(23)34/h12-13,15,19-21,25H,6-11,14,16-18H2,1-5H3,(H2,29,30,35)/t19-,20+,25-/m1/s1. The van der Waals surface area contributed by atoms with E-state index in [4.69, 9.17) is 9.47 Å². The number of urea groups is 1. The van der Waals surface area contributed by atoms with Gasteiger partial charge in [-0.05, 0) is 38.3 Å². The lowest BCUT2D eigenvalue weighted by molar-refractivity contribution is -0.141. The van der Waals surface area contributed by atoms with Gasteiger partial charge in [0.1, 0.15) is 12.4 Å². The fourth-order valence-corrected chi connectivity index (χ4v) is 5.15. The molecule has 3 atom stereocenters.